The lowest BCUT2D eigenvalue weighted by molar-refractivity contribution is -0.129. The van der Waals surface area contributed by atoms with Gasteiger partial charge in [-0.2, -0.15) is 0 Å². The van der Waals surface area contributed by atoms with E-state index in [9.17, 15) is 4.79 Å². The van der Waals surface area contributed by atoms with E-state index in [1.807, 2.05) is 31.3 Å². The van der Waals surface area contributed by atoms with E-state index < -0.39 is 0 Å². The highest BCUT2D eigenvalue weighted by Crippen LogP contribution is 2.23. The SMILES string of the molecule is CNCCN(C)C(=O)CCc1ncc(-c2ccc(OC)cc2)o1. The predicted molar refractivity (Wildman–Crippen MR) is 88.4 cm³/mol. The fraction of sp³-hybridized carbons (Fsp3) is 0.412. The number of hydrogen-bond donors (Lipinski definition) is 1. The molecular formula is C17H23N3O3. The van der Waals surface area contributed by atoms with Crippen LogP contribution in [0.4, 0.5) is 0 Å². The van der Waals surface area contributed by atoms with Crippen molar-refractivity contribution < 1.29 is 13.9 Å². The van der Waals surface area contributed by atoms with Crippen LogP contribution in [0, 0.1) is 0 Å². The third kappa shape index (κ3) is 4.82. The molecule has 0 aliphatic rings. The van der Waals surface area contributed by atoms with Gasteiger partial charge in [0.2, 0.25) is 5.91 Å². The minimum atomic E-state index is 0.0875. The van der Waals surface area contributed by atoms with Crippen molar-refractivity contribution in [3.8, 4) is 17.1 Å². The number of carbonyl (C=O) groups excluding carboxylic acids is 1. The Morgan fingerprint density at radius 1 is 1.35 bits per heavy atom. The number of oxazole rings is 1. The summed E-state index contributed by atoms with van der Waals surface area (Å²) in [4.78, 5) is 17.9. The monoisotopic (exact) mass is 317 g/mol. The standard InChI is InChI=1S/C17H23N3O3/c1-18-10-11-20(2)17(21)9-8-16-19-12-15(23-16)13-4-6-14(22-3)7-5-13/h4-7,12,18H,8-11H2,1-3H3. The third-order valence-corrected chi connectivity index (χ3v) is 3.60. The van der Waals surface area contributed by atoms with Crippen LogP contribution < -0.4 is 10.1 Å². The molecule has 6 heteroatoms. The lowest BCUT2D eigenvalue weighted by Crippen LogP contribution is -2.32. The van der Waals surface area contributed by atoms with Crippen molar-refractivity contribution in [2.24, 2.45) is 0 Å². The van der Waals surface area contributed by atoms with Gasteiger partial charge in [0.15, 0.2) is 11.7 Å². The van der Waals surface area contributed by atoms with Crippen molar-refractivity contribution in [3.05, 3.63) is 36.4 Å². The van der Waals surface area contributed by atoms with Crippen LogP contribution in [0.15, 0.2) is 34.9 Å². The van der Waals surface area contributed by atoms with Crippen molar-refractivity contribution in [2.75, 3.05) is 34.3 Å². The van der Waals surface area contributed by atoms with Crippen LogP contribution in [0.3, 0.4) is 0 Å². The van der Waals surface area contributed by atoms with E-state index in [2.05, 4.69) is 10.3 Å². The third-order valence-electron chi connectivity index (χ3n) is 3.60. The molecular weight excluding hydrogens is 294 g/mol. The number of rotatable bonds is 8. The Morgan fingerprint density at radius 2 is 2.09 bits per heavy atom. The molecule has 0 radical (unpaired) electrons. The molecule has 124 valence electrons. The molecule has 2 aromatic rings. The number of hydrogen-bond acceptors (Lipinski definition) is 5. The second-order valence-corrected chi connectivity index (χ2v) is 5.27. The summed E-state index contributed by atoms with van der Waals surface area (Å²) in [6, 6.07) is 7.58. The molecule has 0 atom stereocenters. The van der Waals surface area contributed by atoms with Crippen molar-refractivity contribution in [1.82, 2.24) is 15.2 Å². The normalized spacial score (nSPS) is 10.6. The molecule has 0 unspecified atom stereocenters. The van der Waals surface area contributed by atoms with Gasteiger partial charge in [-0.05, 0) is 31.3 Å². The minimum Gasteiger partial charge on any atom is -0.497 e. The van der Waals surface area contributed by atoms with Gasteiger partial charge < -0.3 is 19.4 Å². The largest absolute Gasteiger partial charge is 0.497 e. The van der Waals surface area contributed by atoms with Gasteiger partial charge in [-0.3, -0.25) is 4.79 Å². The predicted octanol–water partition coefficient (Wildman–Crippen LogP) is 1.96. The van der Waals surface area contributed by atoms with Crippen LogP contribution in [0.25, 0.3) is 11.3 Å². The zero-order valence-electron chi connectivity index (χ0n) is 13.8. The molecule has 6 nitrogen and oxygen atoms in total. The molecule has 0 aliphatic heterocycles. The molecule has 2 rings (SSSR count). The number of nitrogens with zero attached hydrogens (tertiary/aromatic N) is 2. The van der Waals surface area contributed by atoms with Crippen molar-refractivity contribution in [1.29, 1.82) is 0 Å². The maximum Gasteiger partial charge on any atom is 0.222 e. The van der Waals surface area contributed by atoms with Crippen LogP contribution in [-0.2, 0) is 11.2 Å². The van der Waals surface area contributed by atoms with Crippen molar-refractivity contribution in [3.63, 3.8) is 0 Å². The summed E-state index contributed by atoms with van der Waals surface area (Å²) < 4.78 is 10.9. The smallest absolute Gasteiger partial charge is 0.222 e. The number of likely N-dealkylation sites (N-methyl/N-ethyl adjacent to an activating group) is 2. The molecule has 0 fully saturated rings. The van der Waals surface area contributed by atoms with Crippen molar-refractivity contribution in [2.45, 2.75) is 12.8 Å². The summed E-state index contributed by atoms with van der Waals surface area (Å²) in [5.41, 5.74) is 0.932. The van der Waals surface area contributed by atoms with E-state index in [-0.39, 0.29) is 5.91 Å². The maximum atomic E-state index is 12.0. The van der Waals surface area contributed by atoms with Crippen LogP contribution in [0.5, 0.6) is 5.75 Å². The van der Waals surface area contributed by atoms with Gasteiger partial charge in [-0.15, -0.1) is 0 Å². The number of nitrogens with one attached hydrogen (secondary N) is 1. The summed E-state index contributed by atoms with van der Waals surface area (Å²) >= 11 is 0. The first-order chi connectivity index (χ1) is 11.1. The Kier molecular flexibility index (Phi) is 6.17. The van der Waals surface area contributed by atoms with Gasteiger partial charge in [0.1, 0.15) is 5.75 Å². The lowest BCUT2D eigenvalue weighted by atomic mass is 10.2. The van der Waals surface area contributed by atoms with Gasteiger partial charge in [-0.1, -0.05) is 0 Å². The fourth-order valence-corrected chi connectivity index (χ4v) is 2.12. The average molecular weight is 317 g/mol. The van der Waals surface area contributed by atoms with E-state index in [4.69, 9.17) is 9.15 Å². The Morgan fingerprint density at radius 3 is 2.74 bits per heavy atom. The highest BCUT2D eigenvalue weighted by atomic mass is 16.5. The van der Waals surface area contributed by atoms with Gasteiger partial charge in [-0.25, -0.2) is 4.98 Å². The van der Waals surface area contributed by atoms with E-state index in [0.29, 0.717) is 31.0 Å². The molecule has 1 amide bonds. The molecule has 1 aromatic carbocycles. The number of aromatic nitrogens is 1. The fourth-order valence-electron chi connectivity index (χ4n) is 2.12. The van der Waals surface area contributed by atoms with E-state index in [1.54, 1.807) is 25.3 Å². The number of benzene rings is 1. The zero-order valence-corrected chi connectivity index (χ0v) is 13.8. The summed E-state index contributed by atoms with van der Waals surface area (Å²) in [6.07, 6.45) is 2.58. The van der Waals surface area contributed by atoms with Gasteiger partial charge in [0.25, 0.3) is 0 Å². The molecule has 0 saturated carbocycles. The average Bonchev–Trinajstić information content (AvgIpc) is 3.06. The second-order valence-electron chi connectivity index (χ2n) is 5.27. The quantitative estimate of drug-likeness (QED) is 0.806. The minimum absolute atomic E-state index is 0.0875. The summed E-state index contributed by atoms with van der Waals surface area (Å²) in [7, 11) is 5.30. The Bertz CT molecular complexity index is 622. The highest BCUT2D eigenvalue weighted by molar-refractivity contribution is 5.76. The van der Waals surface area contributed by atoms with Crippen LogP contribution in [0.2, 0.25) is 0 Å². The van der Waals surface area contributed by atoms with Crippen LogP contribution >= 0.6 is 0 Å². The van der Waals surface area contributed by atoms with Gasteiger partial charge >= 0.3 is 0 Å². The van der Waals surface area contributed by atoms with Crippen LogP contribution in [0.1, 0.15) is 12.3 Å². The summed E-state index contributed by atoms with van der Waals surface area (Å²) in [6.45, 7) is 1.47. The first kappa shape index (κ1) is 17.0. The maximum absolute atomic E-state index is 12.0. The Labute approximate surface area is 136 Å². The molecule has 23 heavy (non-hydrogen) atoms. The molecule has 1 heterocycles. The van der Waals surface area contributed by atoms with E-state index in [0.717, 1.165) is 17.9 Å². The Hall–Kier alpha value is -2.34. The van der Waals surface area contributed by atoms with E-state index in [1.165, 1.54) is 0 Å². The molecule has 0 bridgehead atoms. The van der Waals surface area contributed by atoms with Gasteiger partial charge in [0, 0.05) is 38.5 Å². The molecule has 0 spiro atoms. The number of aryl methyl sites for hydroxylation is 1. The van der Waals surface area contributed by atoms with Crippen LogP contribution in [-0.4, -0.2) is 50.1 Å². The van der Waals surface area contributed by atoms with Crippen molar-refractivity contribution >= 4 is 5.91 Å². The number of ether oxygens (including phenoxy) is 1. The Balaban J connectivity index is 1.90. The zero-order chi connectivity index (χ0) is 16.7. The molecule has 0 saturated heterocycles. The molecule has 1 aromatic heterocycles. The second kappa shape index (κ2) is 8.33. The summed E-state index contributed by atoms with van der Waals surface area (Å²) in [5, 5.41) is 3.02. The highest BCUT2D eigenvalue weighted by Gasteiger charge is 2.12. The molecule has 1 N–H and O–H groups in total. The van der Waals surface area contributed by atoms with Gasteiger partial charge in [0.05, 0.1) is 13.3 Å². The number of methoxy groups -OCH3 is 1. The topological polar surface area (TPSA) is 67.6 Å². The number of carbonyl (C=O) groups is 1. The first-order valence-electron chi connectivity index (χ1n) is 7.61. The lowest BCUT2D eigenvalue weighted by Gasteiger charge is -2.16. The number of amides is 1. The first-order valence-corrected chi connectivity index (χ1v) is 7.61. The van der Waals surface area contributed by atoms with E-state index >= 15 is 0 Å². The summed E-state index contributed by atoms with van der Waals surface area (Å²) in [5.74, 6) is 2.15. The molecule has 0 aliphatic carbocycles.